The number of hydrogen-bond acceptors (Lipinski definition) is 5. The molecule has 0 fully saturated rings. The predicted octanol–water partition coefficient (Wildman–Crippen LogP) is 2.17. The summed E-state index contributed by atoms with van der Waals surface area (Å²) in [6.45, 7) is 0. The number of hydrogen-bond donors (Lipinski definition) is 1. The first-order valence-corrected chi connectivity index (χ1v) is 4.65. The first-order chi connectivity index (χ1) is 7.20. The molecule has 0 amide bonds. The molecular weight excluding hydrogens is 220 g/mol. The van der Waals surface area contributed by atoms with E-state index >= 15 is 0 Å². The van der Waals surface area contributed by atoms with E-state index in [1.165, 1.54) is 18.2 Å². The summed E-state index contributed by atoms with van der Waals surface area (Å²) >= 11 is -2.75. The highest BCUT2D eigenvalue weighted by Crippen LogP contribution is 2.28. The number of benzene rings is 1. The van der Waals surface area contributed by atoms with Gasteiger partial charge in [-0.15, -0.1) is 9.95 Å². The van der Waals surface area contributed by atoms with Gasteiger partial charge in [-0.25, -0.2) is 9.74 Å². The van der Waals surface area contributed by atoms with Crippen molar-refractivity contribution >= 4 is 22.6 Å². The van der Waals surface area contributed by atoms with Crippen LogP contribution in [0.5, 0.6) is 0 Å². The van der Waals surface area contributed by atoms with E-state index in [9.17, 15) is 8.76 Å². The van der Waals surface area contributed by atoms with Crippen molar-refractivity contribution in [2.45, 2.75) is 0 Å². The molecule has 1 aromatic rings. The Morgan fingerprint density at radius 1 is 1.53 bits per heavy atom. The third-order valence-electron chi connectivity index (χ3n) is 1.47. The van der Waals surface area contributed by atoms with Gasteiger partial charge in [0.1, 0.15) is 17.0 Å². The third-order valence-corrected chi connectivity index (χ3v) is 2.02. The molecule has 78 valence electrons. The molecule has 0 heterocycles. The van der Waals surface area contributed by atoms with E-state index < -0.39 is 11.3 Å². The molecule has 0 aliphatic heterocycles. The molecular formula is C6H5N6O2S-. The second kappa shape index (κ2) is 5.05. The van der Waals surface area contributed by atoms with Crippen molar-refractivity contribution < 1.29 is 8.76 Å². The highest BCUT2D eigenvalue weighted by Gasteiger charge is 2.14. The lowest BCUT2D eigenvalue weighted by molar-refractivity contribution is 0.533. The van der Waals surface area contributed by atoms with E-state index in [0.29, 0.717) is 4.41 Å². The zero-order chi connectivity index (χ0) is 11.3. The van der Waals surface area contributed by atoms with Gasteiger partial charge in [0.2, 0.25) is 0 Å². The van der Waals surface area contributed by atoms with Crippen LogP contribution in [-0.4, -0.2) is 8.76 Å². The third kappa shape index (κ3) is 2.50. The Hall–Kier alpha value is -1.96. The van der Waals surface area contributed by atoms with E-state index in [4.69, 9.17) is 11.1 Å². The van der Waals surface area contributed by atoms with Gasteiger partial charge in [0, 0.05) is 5.22 Å². The molecule has 0 saturated heterocycles. The Morgan fingerprint density at radius 2 is 2.20 bits per heavy atom. The summed E-state index contributed by atoms with van der Waals surface area (Å²) in [6.07, 6.45) is 0. The van der Waals surface area contributed by atoms with Crippen LogP contribution >= 0.6 is 0 Å². The Bertz CT molecular complexity index is 441. The molecule has 8 nitrogen and oxygen atoms in total. The summed E-state index contributed by atoms with van der Waals surface area (Å²) in [4.78, 5) is 2.36. The normalized spacial score (nSPS) is 11.3. The molecule has 9 heteroatoms. The summed E-state index contributed by atoms with van der Waals surface area (Å²) in [5, 5.41) is 6.07. The minimum absolute atomic E-state index is 0.0265. The topological polar surface area (TPSA) is 128 Å². The monoisotopic (exact) mass is 225 g/mol. The number of nitrogens with zero attached hydrogens (tertiary/aromatic N) is 5. The molecule has 1 atom stereocenters. The average Bonchev–Trinajstić information content (AvgIpc) is 2.25. The van der Waals surface area contributed by atoms with Crippen LogP contribution in [0.4, 0.5) is 11.4 Å². The number of para-hydroxylation sites is 2. The molecule has 1 unspecified atom stereocenters. The van der Waals surface area contributed by atoms with E-state index in [2.05, 4.69) is 15.2 Å². The first kappa shape index (κ1) is 11.1. The molecule has 0 aliphatic carbocycles. The molecule has 1 N–H and O–H groups in total. The van der Waals surface area contributed by atoms with Crippen LogP contribution in [0.1, 0.15) is 0 Å². The summed E-state index contributed by atoms with van der Waals surface area (Å²) in [7, 11) is 0. The van der Waals surface area contributed by atoms with Gasteiger partial charge < -0.3 is 4.55 Å². The van der Waals surface area contributed by atoms with Crippen molar-refractivity contribution in [2.24, 2.45) is 10.3 Å². The van der Waals surface area contributed by atoms with Gasteiger partial charge in [-0.2, -0.15) is 10.0 Å². The molecule has 0 saturated carbocycles. The molecule has 0 radical (unpaired) electrons. The Kier molecular flexibility index (Phi) is 3.75. The van der Waals surface area contributed by atoms with E-state index in [-0.39, 0.29) is 11.4 Å². The molecule has 0 aliphatic rings. The maximum absolute atomic E-state index is 10.7. The first-order valence-electron chi connectivity index (χ1n) is 3.61. The fourth-order valence-electron chi connectivity index (χ4n) is 0.915. The molecule has 1 aromatic carbocycles. The van der Waals surface area contributed by atoms with Gasteiger partial charge in [0.15, 0.2) is 5.69 Å². The van der Waals surface area contributed by atoms with Crippen LogP contribution in [0.2, 0.25) is 0 Å². The van der Waals surface area contributed by atoms with Crippen molar-refractivity contribution in [1.82, 2.24) is 0 Å². The summed E-state index contributed by atoms with van der Waals surface area (Å²) in [6, 6.07) is 5.92. The lowest BCUT2D eigenvalue weighted by Gasteiger charge is -2.14. The number of azide groups is 1. The number of rotatable bonds is 4. The van der Waals surface area contributed by atoms with Crippen molar-refractivity contribution in [1.29, 1.82) is 5.53 Å². The number of nitrogens with one attached hydrogen (secondary N) is 1. The summed E-state index contributed by atoms with van der Waals surface area (Å²) in [5.74, 6) is 0. The van der Waals surface area contributed by atoms with Crippen LogP contribution < -0.4 is 4.41 Å². The lowest BCUT2D eigenvalue weighted by atomic mass is 10.3. The summed E-state index contributed by atoms with van der Waals surface area (Å²) in [5.41, 5.74) is 15.1. The van der Waals surface area contributed by atoms with Crippen molar-refractivity contribution in [2.75, 3.05) is 4.41 Å². The van der Waals surface area contributed by atoms with E-state index in [0.717, 1.165) is 0 Å². The van der Waals surface area contributed by atoms with Crippen LogP contribution in [0.3, 0.4) is 0 Å². The minimum Gasteiger partial charge on any atom is -0.736 e. The van der Waals surface area contributed by atoms with Crippen LogP contribution in [0, 0.1) is 5.53 Å². The van der Waals surface area contributed by atoms with Crippen LogP contribution in [-0.2, 0) is 11.3 Å². The van der Waals surface area contributed by atoms with E-state index in [1.807, 2.05) is 0 Å². The van der Waals surface area contributed by atoms with Crippen LogP contribution in [0.25, 0.3) is 10.4 Å². The quantitative estimate of drug-likeness (QED) is 0.277. The van der Waals surface area contributed by atoms with Crippen molar-refractivity contribution in [3.63, 3.8) is 0 Å². The zero-order valence-electron chi connectivity index (χ0n) is 7.27. The van der Waals surface area contributed by atoms with E-state index in [1.54, 1.807) is 6.07 Å². The highest BCUT2D eigenvalue weighted by molar-refractivity contribution is 7.80. The number of anilines is 1. The maximum Gasteiger partial charge on any atom is 0.172 e. The largest absolute Gasteiger partial charge is 0.736 e. The van der Waals surface area contributed by atoms with Crippen molar-refractivity contribution in [3.8, 4) is 0 Å². The Balaban J connectivity index is 3.27. The van der Waals surface area contributed by atoms with Gasteiger partial charge in [-0.3, -0.25) is 0 Å². The predicted molar refractivity (Wildman–Crippen MR) is 51.8 cm³/mol. The van der Waals surface area contributed by atoms with Gasteiger partial charge >= 0.3 is 0 Å². The maximum atomic E-state index is 10.7. The van der Waals surface area contributed by atoms with Crippen molar-refractivity contribution in [3.05, 3.63) is 34.7 Å². The molecule has 0 bridgehead atoms. The fraction of sp³-hybridized carbons (Fsp3) is 0. The van der Waals surface area contributed by atoms with Crippen LogP contribution in [0.15, 0.2) is 34.6 Å². The smallest absolute Gasteiger partial charge is 0.172 e. The second-order valence-electron chi connectivity index (χ2n) is 2.27. The minimum atomic E-state index is -2.75. The Morgan fingerprint density at radius 3 is 2.73 bits per heavy atom. The second-order valence-corrected chi connectivity index (χ2v) is 3.05. The molecule has 1 rings (SSSR count). The molecule has 15 heavy (non-hydrogen) atoms. The molecule has 0 aromatic heterocycles. The molecule has 0 spiro atoms. The standard InChI is InChI=1S/C6H6N6O2S/c7-9-5-3-1-2-4-6(5)12(11-10-8)15(13)14/h1-4,7H,(H,13,14)/p-1. The van der Waals surface area contributed by atoms with Gasteiger partial charge in [-0.1, -0.05) is 12.1 Å². The van der Waals surface area contributed by atoms with Gasteiger partial charge in [-0.05, 0) is 12.1 Å². The lowest BCUT2D eigenvalue weighted by Crippen LogP contribution is -2.17. The van der Waals surface area contributed by atoms with Gasteiger partial charge in [0.05, 0.1) is 0 Å². The Labute approximate surface area is 87.0 Å². The fourth-order valence-corrected chi connectivity index (χ4v) is 1.32. The zero-order valence-corrected chi connectivity index (χ0v) is 8.09. The summed E-state index contributed by atoms with van der Waals surface area (Å²) < 4.78 is 21.8. The van der Waals surface area contributed by atoms with Gasteiger partial charge in [0.25, 0.3) is 0 Å². The average molecular weight is 225 g/mol. The SMILES string of the molecule is [N-]=[N+]=NN(c1ccccc1N=N)S(=O)[O-]. The highest BCUT2D eigenvalue weighted by atomic mass is 32.2.